The summed E-state index contributed by atoms with van der Waals surface area (Å²) in [6.07, 6.45) is 7.00. The van der Waals surface area contributed by atoms with E-state index in [1.807, 2.05) is 54.6 Å². The van der Waals surface area contributed by atoms with Gasteiger partial charge in [-0.3, -0.25) is 9.59 Å². The van der Waals surface area contributed by atoms with Crippen molar-refractivity contribution in [3.63, 3.8) is 0 Å². The lowest BCUT2D eigenvalue weighted by Gasteiger charge is -2.30. The summed E-state index contributed by atoms with van der Waals surface area (Å²) in [5.74, 6) is -0.207. The van der Waals surface area contributed by atoms with Crippen LogP contribution < -0.4 is 4.90 Å². The third-order valence-corrected chi connectivity index (χ3v) is 15.9. The average Bonchev–Trinajstić information content (AvgIpc) is 4.02. The fourth-order valence-corrected chi connectivity index (χ4v) is 12.0. The van der Waals surface area contributed by atoms with Gasteiger partial charge in [-0.25, -0.2) is 0 Å². The summed E-state index contributed by atoms with van der Waals surface area (Å²) >= 11 is 0. The van der Waals surface area contributed by atoms with Crippen LogP contribution in [-0.4, -0.2) is 22.2 Å². The molecule has 10 aromatic carbocycles. The monoisotopic (exact) mass is 978 g/mol. The lowest BCUT2D eigenvalue weighted by molar-refractivity contribution is 0.103. The molecule has 1 aliphatic heterocycles. The Balaban J connectivity index is 0.833. The highest BCUT2D eigenvalue weighted by Gasteiger charge is 2.39. The number of nitrogens with zero attached hydrogens (tertiary/aromatic N) is 2. The van der Waals surface area contributed by atoms with Crippen molar-refractivity contribution in [2.45, 2.75) is 39.7 Å². The Morgan fingerprint density at radius 2 is 0.829 bits per heavy atom. The van der Waals surface area contributed by atoms with E-state index >= 15 is 0 Å². The van der Waals surface area contributed by atoms with Crippen LogP contribution in [0.5, 0.6) is 0 Å². The van der Waals surface area contributed by atoms with Crippen molar-refractivity contribution in [1.29, 1.82) is 0 Å². The van der Waals surface area contributed by atoms with E-state index in [0.29, 0.717) is 22.3 Å². The molecule has 11 aromatic rings. The van der Waals surface area contributed by atoms with Crippen LogP contribution in [-0.2, 0) is 0 Å². The summed E-state index contributed by atoms with van der Waals surface area (Å²) in [5.41, 5.74) is 22.8. The van der Waals surface area contributed by atoms with Crippen LogP contribution in [0.1, 0.15) is 71.1 Å². The van der Waals surface area contributed by atoms with Crippen LogP contribution in [0.3, 0.4) is 0 Å². The fraction of sp³-hybridized carbons (Fsp3) is 0.0833. The van der Waals surface area contributed by atoms with Gasteiger partial charge in [-0.05, 0) is 167 Å². The van der Waals surface area contributed by atoms with E-state index in [9.17, 15) is 9.59 Å². The van der Waals surface area contributed by atoms with Crippen molar-refractivity contribution in [2.75, 3.05) is 4.90 Å². The van der Waals surface area contributed by atoms with Crippen LogP contribution in [0.25, 0.3) is 66.4 Å². The van der Waals surface area contributed by atoms with E-state index in [-0.39, 0.29) is 23.5 Å². The molecule has 0 spiro atoms. The second-order valence-corrected chi connectivity index (χ2v) is 20.5. The summed E-state index contributed by atoms with van der Waals surface area (Å²) in [6.45, 7) is 8.65. The molecule has 364 valence electrons. The minimum atomic E-state index is -0.151. The van der Waals surface area contributed by atoms with Crippen molar-refractivity contribution in [2.24, 2.45) is 0 Å². The van der Waals surface area contributed by atoms with Gasteiger partial charge < -0.3 is 9.47 Å². The molecule has 2 atom stereocenters. The zero-order valence-electron chi connectivity index (χ0n) is 43.0. The number of hydrogen-bond donors (Lipinski definition) is 0. The van der Waals surface area contributed by atoms with E-state index in [4.69, 9.17) is 0 Å². The number of anilines is 2. The third kappa shape index (κ3) is 8.02. The Hall–Kier alpha value is -9.38. The largest absolute Gasteiger partial charge is 0.333 e. The summed E-state index contributed by atoms with van der Waals surface area (Å²) in [6, 6.07) is 77.4. The fourth-order valence-electron chi connectivity index (χ4n) is 12.0. The van der Waals surface area contributed by atoms with Gasteiger partial charge >= 0.3 is 0 Å². The van der Waals surface area contributed by atoms with Crippen LogP contribution in [0.4, 0.5) is 11.4 Å². The first kappa shape index (κ1) is 46.4. The first-order valence-electron chi connectivity index (χ1n) is 26.2. The molecule has 2 aliphatic rings. The molecule has 0 radical (unpaired) electrons. The molecule has 76 heavy (non-hydrogen) atoms. The van der Waals surface area contributed by atoms with Crippen molar-refractivity contribution >= 4 is 50.3 Å². The molecule has 2 unspecified atom stereocenters. The Morgan fingerprint density at radius 1 is 0.395 bits per heavy atom. The summed E-state index contributed by atoms with van der Waals surface area (Å²) in [7, 11) is 0. The molecular weight excluding hydrogens is 925 g/mol. The average molecular weight is 979 g/mol. The Kier molecular flexibility index (Phi) is 11.5. The van der Waals surface area contributed by atoms with E-state index in [2.05, 4.69) is 219 Å². The van der Waals surface area contributed by atoms with Crippen molar-refractivity contribution in [3.8, 4) is 39.1 Å². The molecule has 1 aromatic heterocycles. The maximum atomic E-state index is 14.7. The van der Waals surface area contributed by atoms with Crippen molar-refractivity contribution in [3.05, 3.63) is 298 Å². The minimum Gasteiger partial charge on any atom is -0.333 e. The summed E-state index contributed by atoms with van der Waals surface area (Å²) < 4.78 is 2.27. The van der Waals surface area contributed by atoms with Gasteiger partial charge in [0, 0.05) is 56.0 Å². The number of benzene rings is 10. The van der Waals surface area contributed by atoms with E-state index < -0.39 is 0 Å². The Morgan fingerprint density at radius 3 is 1.36 bits per heavy atom. The topological polar surface area (TPSA) is 42.3 Å². The number of allylic oxidation sites excluding steroid dienone is 2. The van der Waals surface area contributed by atoms with Gasteiger partial charge in [0.1, 0.15) is 0 Å². The molecule has 4 nitrogen and oxygen atoms in total. The smallest absolute Gasteiger partial charge is 0.193 e. The first-order chi connectivity index (χ1) is 37.2. The van der Waals surface area contributed by atoms with E-state index in [1.165, 1.54) is 61.2 Å². The molecule has 0 bridgehead atoms. The highest BCUT2D eigenvalue weighted by atomic mass is 16.1. The molecule has 0 N–H and O–H groups in total. The van der Waals surface area contributed by atoms with Crippen LogP contribution >= 0.6 is 0 Å². The van der Waals surface area contributed by atoms with Crippen molar-refractivity contribution in [1.82, 2.24) is 4.57 Å². The maximum Gasteiger partial charge on any atom is 0.193 e. The van der Waals surface area contributed by atoms with Gasteiger partial charge in [-0.15, -0.1) is 0 Å². The van der Waals surface area contributed by atoms with Crippen LogP contribution in [0.2, 0.25) is 0 Å². The third-order valence-electron chi connectivity index (χ3n) is 15.9. The number of carbonyl (C=O) groups is 2. The SMILES string of the molecule is Cc1ccccc1C1=CC2c3cc(-c4ccccc4C)ccc3N(c3cccc(C(=O)c4cccc(C(=O)c5cccc(-n6c7ccc(-c8ccccc8C)cc7c7cc(-c8ccccc8C)ccc76)c5)c4)c3)C2C=C1. The molecule has 13 rings (SSSR count). The predicted molar refractivity (Wildman–Crippen MR) is 314 cm³/mol. The maximum absolute atomic E-state index is 14.7. The summed E-state index contributed by atoms with van der Waals surface area (Å²) in [5, 5.41) is 2.28. The number of carbonyl (C=O) groups excluding carboxylic acids is 2. The molecule has 2 heterocycles. The normalized spacial score (nSPS) is 14.7. The minimum absolute atomic E-state index is 0.00604. The standard InChI is InChI=1S/C72H54N2O2/c1-45-16-5-9-26-59(45)49-30-34-67-63(41-49)64-42-50(60-27-10-6-17-46(60)2)31-35-68(64)73(67)57-24-14-22-55(39-57)71(75)53-20-13-21-54(38-53)72(76)56-23-15-25-58(40-56)74-69-36-32-51(61-28-11-7-18-47(61)3)43-65(69)66-44-52(33-37-70(66)74)62-29-12-8-19-48(62)4/h5-44,63,67H,1-4H3. The summed E-state index contributed by atoms with van der Waals surface area (Å²) in [4.78, 5) is 31.8. The van der Waals surface area contributed by atoms with Crippen molar-refractivity contribution < 1.29 is 9.59 Å². The molecule has 0 saturated carbocycles. The molecule has 0 saturated heterocycles. The Labute approximate surface area is 444 Å². The van der Waals surface area contributed by atoms with Gasteiger partial charge in [0.2, 0.25) is 0 Å². The van der Waals surface area contributed by atoms with Gasteiger partial charge in [0.15, 0.2) is 11.6 Å². The number of aromatic nitrogens is 1. The van der Waals surface area contributed by atoms with Gasteiger partial charge in [0.25, 0.3) is 0 Å². The Bertz CT molecular complexity index is 4140. The predicted octanol–water partition coefficient (Wildman–Crippen LogP) is 17.7. The number of aryl methyl sites for hydroxylation is 4. The quantitative estimate of drug-likeness (QED) is 0.128. The highest BCUT2D eigenvalue weighted by molar-refractivity contribution is 6.15. The number of fused-ring (bicyclic) bond motifs is 6. The lowest BCUT2D eigenvalue weighted by Crippen LogP contribution is -2.29. The lowest BCUT2D eigenvalue weighted by atomic mass is 9.84. The molecule has 1 aliphatic carbocycles. The van der Waals surface area contributed by atoms with Crippen LogP contribution in [0.15, 0.2) is 243 Å². The molecular formula is C72H54N2O2. The van der Waals surface area contributed by atoms with Gasteiger partial charge in [-0.2, -0.15) is 0 Å². The highest BCUT2D eigenvalue weighted by Crippen LogP contribution is 2.51. The zero-order chi connectivity index (χ0) is 51.6. The zero-order valence-corrected chi connectivity index (χ0v) is 43.0. The van der Waals surface area contributed by atoms with E-state index in [1.54, 1.807) is 6.07 Å². The van der Waals surface area contributed by atoms with Crippen LogP contribution in [0, 0.1) is 27.7 Å². The van der Waals surface area contributed by atoms with E-state index in [0.717, 1.165) is 50.0 Å². The second-order valence-electron chi connectivity index (χ2n) is 20.5. The number of ketones is 2. The second kappa shape index (κ2) is 18.8. The first-order valence-corrected chi connectivity index (χ1v) is 26.2. The molecule has 0 fully saturated rings. The number of hydrogen-bond acceptors (Lipinski definition) is 3. The number of rotatable bonds is 10. The molecule has 0 amide bonds. The van der Waals surface area contributed by atoms with Gasteiger partial charge in [-0.1, -0.05) is 176 Å². The molecule has 4 heteroatoms. The van der Waals surface area contributed by atoms with Gasteiger partial charge in [0.05, 0.1) is 17.1 Å².